The highest BCUT2D eigenvalue weighted by Crippen LogP contribution is 2.23. The molecule has 0 fully saturated rings. The summed E-state index contributed by atoms with van der Waals surface area (Å²) in [5.74, 6) is 0.532. The van der Waals surface area contributed by atoms with Gasteiger partial charge in [-0.05, 0) is 23.8 Å². The molecule has 13 heavy (non-hydrogen) atoms. The van der Waals surface area contributed by atoms with Crippen molar-refractivity contribution in [2.24, 2.45) is 11.7 Å². The predicted molar refractivity (Wildman–Crippen MR) is 56.7 cm³/mol. The van der Waals surface area contributed by atoms with Gasteiger partial charge in [0.2, 0.25) is 0 Å². The molecule has 3 heteroatoms. The van der Waals surface area contributed by atoms with Crippen LogP contribution in [0.1, 0.15) is 31.2 Å². The van der Waals surface area contributed by atoms with E-state index in [0.29, 0.717) is 5.92 Å². The molecule has 0 spiro atoms. The zero-order chi connectivity index (χ0) is 9.84. The molecule has 0 bridgehead atoms. The molecule has 2 atom stereocenters. The fourth-order valence-electron chi connectivity index (χ4n) is 1.34. The average molecular weight is 199 g/mol. The molecule has 0 aliphatic rings. The van der Waals surface area contributed by atoms with Crippen LogP contribution in [0, 0.1) is 5.92 Å². The van der Waals surface area contributed by atoms with E-state index in [-0.39, 0.29) is 6.04 Å². The molecule has 1 aromatic rings. The van der Waals surface area contributed by atoms with Gasteiger partial charge in [-0.2, -0.15) is 0 Å². The Kier molecular flexibility index (Phi) is 3.90. The van der Waals surface area contributed by atoms with Crippen molar-refractivity contribution >= 4 is 11.3 Å². The first-order valence-electron chi connectivity index (χ1n) is 4.58. The quantitative estimate of drug-likeness (QED) is 0.780. The predicted octanol–water partition coefficient (Wildman–Crippen LogP) is 2.15. The summed E-state index contributed by atoms with van der Waals surface area (Å²) < 4.78 is 0. The van der Waals surface area contributed by atoms with Crippen LogP contribution in [0.15, 0.2) is 17.5 Å². The molecule has 0 saturated carbocycles. The van der Waals surface area contributed by atoms with Crippen LogP contribution in [-0.2, 0) is 0 Å². The summed E-state index contributed by atoms with van der Waals surface area (Å²) in [6.07, 6.45) is 0.362. The second kappa shape index (κ2) is 4.74. The largest absolute Gasteiger partial charge is 0.386 e. The molecule has 2 nitrogen and oxygen atoms in total. The molecular formula is C10H17NOS. The van der Waals surface area contributed by atoms with Crippen LogP contribution in [0.4, 0.5) is 0 Å². The number of aliphatic hydroxyl groups is 1. The van der Waals surface area contributed by atoms with Gasteiger partial charge in [0.1, 0.15) is 6.10 Å². The second-order valence-corrected chi connectivity index (χ2v) is 4.73. The lowest BCUT2D eigenvalue weighted by atomic mass is 9.99. The van der Waals surface area contributed by atoms with Crippen molar-refractivity contribution in [2.45, 2.75) is 32.4 Å². The number of aliphatic hydroxyl groups excluding tert-OH is 1. The second-order valence-electron chi connectivity index (χ2n) is 3.75. The van der Waals surface area contributed by atoms with Gasteiger partial charge < -0.3 is 10.8 Å². The Morgan fingerprint density at radius 3 is 2.69 bits per heavy atom. The molecule has 74 valence electrons. The molecule has 0 amide bonds. The van der Waals surface area contributed by atoms with Crippen molar-refractivity contribution < 1.29 is 5.11 Å². The van der Waals surface area contributed by atoms with Crippen molar-refractivity contribution in [1.29, 1.82) is 0 Å². The maximum atomic E-state index is 9.81. The lowest BCUT2D eigenvalue weighted by Gasteiger charge is -2.19. The zero-order valence-electron chi connectivity index (χ0n) is 8.10. The van der Waals surface area contributed by atoms with E-state index in [4.69, 9.17) is 5.73 Å². The number of thiophene rings is 1. The molecule has 3 N–H and O–H groups in total. The number of nitrogens with two attached hydrogens (primary N) is 1. The minimum absolute atomic E-state index is 0.140. The maximum Gasteiger partial charge on any atom is 0.103 e. The summed E-state index contributed by atoms with van der Waals surface area (Å²) in [6, 6.07) is 3.72. The third-order valence-corrected chi connectivity index (χ3v) is 2.93. The van der Waals surface area contributed by atoms with Gasteiger partial charge in [-0.15, -0.1) is 11.3 Å². The third kappa shape index (κ3) is 3.10. The Morgan fingerprint density at radius 2 is 2.23 bits per heavy atom. The molecule has 0 radical (unpaired) electrons. The Bertz CT molecular complexity index is 233. The van der Waals surface area contributed by atoms with Crippen molar-refractivity contribution in [1.82, 2.24) is 0 Å². The minimum atomic E-state index is -0.498. The van der Waals surface area contributed by atoms with E-state index < -0.39 is 6.10 Å². The van der Waals surface area contributed by atoms with Gasteiger partial charge in [0, 0.05) is 10.9 Å². The summed E-state index contributed by atoms with van der Waals surface area (Å²) in [5.41, 5.74) is 5.87. The van der Waals surface area contributed by atoms with Gasteiger partial charge >= 0.3 is 0 Å². The first kappa shape index (κ1) is 10.7. The van der Waals surface area contributed by atoms with Gasteiger partial charge in [0.25, 0.3) is 0 Å². The van der Waals surface area contributed by atoms with Crippen molar-refractivity contribution in [2.75, 3.05) is 0 Å². The van der Waals surface area contributed by atoms with Crippen molar-refractivity contribution in [3.63, 3.8) is 0 Å². The summed E-state index contributed by atoms with van der Waals surface area (Å²) in [5, 5.41) is 11.8. The number of hydrogen-bond acceptors (Lipinski definition) is 3. The molecule has 1 heterocycles. The van der Waals surface area contributed by atoms with E-state index in [0.717, 1.165) is 11.3 Å². The fraction of sp³-hybridized carbons (Fsp3) is 0.600. The topological polar surface area (TPSA) is 46.2 Å². The highest BCUT2D eigenvalue weighted by Gasteiger charge is 2.18. The van der Waals surface area contributed by atoms with E-state index in [2.05, 4.69) is 13.8 Å². The van der Waals surface area contributed by atoms with Crippen LogP contribution in [0.3, 0.4) is 0 Å². The van der Waals surface area contributed by atoms with E-state index in [1.807, 2.05) is 17.5 Å². The molecule has 0 aromatic carbocycles. The van der Waals surface area contributed by atoms with Gasteiger partial charge in [0.05, 0.1) is 0 Å². The van der Waals surface area contributed by atoms with Crippen LogP contribution in [0.25, 0.3) is 0 Å². The number of hydrogen-bond donors (Lipinski definition) is 2. The van der Waals surface area contributed by atoms with Crippen LogP contribution in [0.5, 0.6) is 0 Å². The monoisotopic (exact) mass is 199 g/mol. The molecule has 1 aromatic heterocycles. The highest BCUT2D eigenvalue weighted by molar-refractivity contribution is 7.10. The molecule has 0 aliphatic heterocycles. The van der Waals surface area contributed by atoms with Crippen LogP contribution in [-0.4, -0.2) is 11.1 Å². The lowest BCUT2D eigenvalue weighted by Crippen LogP contribution is -2.29. The first-order valence-corrected chi connectivity index (χ1v) is 5.46. The Hall–Kier alpha value is -0.380. The first-order chi connectivity index (χ1) is 6.11. The van der Waals surface area contributed by atoms with Gasteiger partial charge in [-0.25, -0.2) is 0 Å². The van der Waals surface area contributed by atoms with E-state index in [1.54, 1.807) is 11.3 Å². The normalized spacial score (nSPS) is 16.1. The average Bonchev–Trinajstić information content (AvgIpc) is 2.53. The SMILES string of the molecule is CC(C)C[C@@H](N)[C@@H](O)c1cccs1. The van der Waals surface area contributed by atoms with E-state index >= 15 is 0 Å². The third-order valence-electron chi connectivity index (χ3n) is 1.98. The van der Waals surface area contributed by atoms with Crippen molar-refractivity contribution in [3.05, 3.63) is 22.4 Å². The standard InChI is InChI=1S/C10H17NOS/c1-7(2)6-8(11)10(12)9-4-3-5-13-9/h3-5,7-8,10,12H,6,11H2,1-2H3/t8-,10-/m1/s1. The van der Waals surface area contributed by atoms with Crippen molar-refractivity contribution in [3.8, 4) is 0 Å². The Balaban J connectivity index is 2.52. The summed E-state index contributed by atoms with van der Waals surface area (Å²) in [6.45, 7) is 4.22. The molecular weight excluding hydrogens is 182 g/mol. The highest BCUT2D eigenvalue weighted by atomic mass is 32.1. The lowest BCUT2D eigenvalue weighted by molar-refractivity contribution is 0.139. The number of rotatable bonds is 4. The Morgan fingerprint density at radius 1 is 1.54 bits per heavy atom. The van der Waals surface area contributed by atoms with Gasteiger partial charge in [-0.3, -0.25) is 0 Å². The molecule has 0 aliphatic carbocycles. The van der Waals surface area contributed by atoms with Gasteiger partial charge in [-0.1, -0.05) is 19.9 Å². The molecule has 0 saturated heterocycles. The Labute approximate surface area is 83.4 Å². The maximum absolute atomic E-state index is 9.81. The zero-order valence-corrected chi connectivity index (χ0v) is 8.92. The molecule has 1 rings (SSSR count). The summed E-state index contributed by atoms with van der Waals surface area (Å²) in [4.78, 5) is 0.966. The minimum Gasteiger partial charge on any atom is -0.386 e. The summed E-state index contributed by atoms with van der Waals surface area (Å²) >= 11 is 1.56. The van der Waals surface area contributed by atoms with Crippen LogP contribution >= 0.6 is 11.3 Å². The van der Waals surface area contributed by atoms with E-state index in [9.17, 15) is 5.11 Å². The molecule has 0 unspecified atom stereocenters. The van der Waals surface area contributed by atoms with Crippen LogP contribution in [0.2, 0.25) is 0 Å². The van der Waals surface area contributed by atoms with Crippen LogP contribution < -0.4 is 5.73 Å². The smallest absolute Gasteiger partial charge is 0.103 e. The summed E-state index contributed by atoms with van der Waals surface area (Å²) in [7, 11) is 0. The van der Waals surface area contributed by atoms with Gasteiger partial charge in [0.15, 0.2) is 0 Å². The van der Waals surface area contributed by atoms with E-state index in [1.165, 1.54) is 0 Å². The fourth-order valence-corrected chi connectivity index (χ4v) is 2.13.